The van der Waals surface area contributed by atoms with E-state index in [1.165, 1.54) is 0 Å². The smallest absolute Gasteiger partial charge is 0.322 e. The summed E-state index contributed by atoms with van der Waals surface area (Å²) < 4.78 is 29.8. The van der Waals surface area contributed by atoms with E-state index in [4.69, 9.17) is 0 Å². The van der Waals surface area contributed by atoms with Gasteiger partial charge in [0, 0.05) is 6.07 Å². The maximum Gasteiger partial charge on any atom is 0.336 e. The van der Waals surface area contributed by atoms with Crippen LogP contribution in [0.15, 0.2) is 57.4 Å². The predicted molar refractivity (Wildman–Crippen MR) is 116 cm³/mol. The molecule has 0 fully saturated rings. The quantitative estimate of drug-likeness (QED) is 0.524. The zero-order valence-corrected chi connectivity index (χ0v) is 17.4. The van der Waals surface area contributed by atoms with Crippen LogP contribution in [0.25, 0.3) is 15.9 Å². The van der Waals surface area contributed by atoms with E-state index < -0.39 is 35.3 Å². The van der Waals surface area contributed by atoms with E-state index in [1.807, 2.05) is 13.0 Å². The number of amides is 1. The van der Waals surface area contributed by atoms with Crippen LogP contribution in [0.4, 0.5) is 14.5 Å². The number of nitrogens with one attached hydrogen (secondary N) is 1. The van der Waals surface area contributed by atoms with Crippen molar-refractivity contribution in [2.24, 2.45) is 0 Å². The van der Waals surface area contributed by atoms with E-state index in [9.17, 15) is 23.2 Å². The van der Waals surface area contributed by atoms with Gasteiger partial charge in [-0.15, -0.1) is 11.3 Å². The number of thiophene rings is 1. The molecule has 0 saturated carbocycles. The Balaban J connectivity index is 1.83. The topological polar surface area (TPSA) is 73.1 Å². The molecule has 0 radical (unpaired) electrons. The summed E-state index contributed by atoms with van der Waals surface area (Å²) in [5.41, 5.74) is 0.891. The van der Waals surface area contributed by atoms with Crippen LogP contribution in [0.2, 0.25) is 0 Å². The molecule has 2 aromatic carbocycles. The molecule has 2 aromatic heterocycles. The Bertz CT molecular complexity index is 1450. The molecule has 0 aliphatic carbocycles. The second kappa shape index (κ2) is 7.92. The van der Waals surface area contributed by atoms with Gasteiger partial charge in [0.25, 0.3) is 5.56 Å². The highest BCUT2D eigenvalue weighted by molar-refractivity contribution is 7.17. The maximum absolute atomic E-state index is 13.9. The predicted octanol–water partition coefficient (Wildman–Crippen LogP) is 3.75. The van der Waals surface area contributed by atoms with Crippen molar-refractivity contribution < 1.29 is 13.6 Å². The summed E-state index contributed by atoms with van der Waals surface area (Å²) in [6.45, 7) is 3.19. The van der Waals surface area contributed by atoms with Crippen molar-refractivity contribution in [3.63, 3.8) is 0 Å². The molecular weight excluding hydrogens is 424 g/mol. The molecule has 4 rings (SSSR count). The fourth-order valence-corrected chi connectivity index (χ4v) is 4.18. The molecule has 0 unspecified atom stereocenters. The Labute approximate surface area is 179 Å². The second-order valence-corrected chi connectivity index (χ2v) is 7.95. The standard InChI is InChI=1S/C22H17F2N3O3S/c1-12-4-3-5-17(13(12)2)27-21(29)20-18(8-9-31-20)26(22(27)30)11-19(28)25-16-10-14(23)6-7-15(16)24/h3-10H,11H2,1-2H3,(H,25,28). The second-order valence-electron chi connectivity index (χ2n) is 7.04. The van der Waals surface area contributed by atoms with E-state index in [1.54, 1.807) is 30.5 Å². The average Bonchev–Trinajstić information content (AvgIpc) is 3.21. The fraction of sp³-hybridized carbons (Fsp3) is 0.136. The van der Waals surface area contributed by atoms with E-state index >= 15 is 0 Å². The van der Waals surface area contributed by atoms with Gasteiger partial charge in [-0.25, -0.2) is 18.1 Å². The molecule has 2 heterocycles. The SMILES string of the molecule is Cc1cccc(-n2c(=O)c3sccc3n(CC(=O)Nc3cc(F)ccc3F)c2=O)c1C. The number of fused-ring (bicyclic) bond motifs is 1. The average molecular weight is 441 g/mol. The summed E-state index contributed by atoms with van der Waals surface area (Å²) in [6.07, 6.45) is 0. The number of nitrogens with zero attached hydrogens (tertiary/aromatic N) is 2. The summed E-state index contributed by atoms with van der Waals surface area (Å²) in [5, 5.41) is 3.93. The normalized spacial score (nSPS) is 11.1. The highest BCUT2D eigenvalue weighted by Gasteiger charge is 2.19. The third kappa shape index (κ3) is 3.68. The molecule has 4 aromatic rings. The van der Waals surface area contributed by atoms with Gasteiger partial charge >= 0.3 is 5.69 Å². The molecular formula is C22H17F2N3O3S. The van der Waals surface area contributed by atoms with Gasteiger partial charge in [-0.1, -0.05) is 12.1 Å². The van der Waals surface area contributed by atoms with Gasteiger partial charge in [-0.05, 0) is 54.6 Å². The lowest BCUT2D eigenvalue weighted by Crippen LogP contribution is -2.40. The third-order valence-electron chi connectivity index (χ3n) is 5.08. The van der Waals surface area contributed by atoms with E-state index in [-0.39, 0.29) is 5.69 Å². The van der Waals surface area contributed by atoms with E-state index in [0.717, 1.165) is 49.8 Å². The number of halogens is 2. The Morgan fingerprint density at radius 1 is 1.10 bits per heavy atom. The van der Waals surface area contributed by atoms with Crippen molar-refractivity contribution in [1.82, 2.24) is 9.13 Å². The number of benzene rings is 2. The molecule has 0 aliphatic heterocycles. The minimum Gasteiger partial charge on any atom is -0.322 e. The van der Waals surface area contributed by atoms with Crippen LogP contribution >= 0.6 is 11.3 Å². The number of rotatable bonds is 4. The van der Waals surface area contributed by atoms with Crippen LogP contribution in [-0.2, 0) is 11.3 Å². The Hall–Kier alpha value is -3.59. The van der Waals surface area contributed by atoms with Crippen molar-refractivity contribution >= 4 is 33.1 Å². The lowest BCUT2D eigenvalue weighted by molar-refractivity contribution is -0.116. The van der Waals surface area contributed by atoms with Crippen molar-refractivity contribution in [3.8, 4) is 5.69 Å². The fourth-order valence-electron chi connectivity index (χ4n) is 3.36. The molecule has 0 bridgehead atoms. The van der Waals surface area contributed by atoms with Crippen LogP contribution in [0, 0.1) is 25.5 Å². The minimum atomic E-state index is -0.803. The number of hydrogen-bond acceptors (Lipinski definition) is 4. The number of carbonyl (C=O) groups is 1. The zero-order valence-electron chi connectivity index (χ0n) is 16.6. The molecule has 0 aliphatic rings. The first-order valence-corrected chi connectivity index (χ1v) is 10.2. The summed E-state index contributed by atoms with van der Waals surface area (Å²) in [4.78, 5) is 38.9. The molecule has 1 N–H and O–H groups in total. The Morgan fingerprint density at radius 2 is 1.87 bits per heavy atom. The number of aryl methyl sites for hydroxylation is 1. The van der Waals surface area contributed by atoms with Crippen LogP contribution in [0.3, 0.4) is 0 Å². The van der Waals surface area contributed by atoms with Crippen molar-refractivity contribution in [3.05, 3.63) is 91.4 Å². The van der Waals surface area contributed by atoms with E-state index in [2.05, 4.69) is 5.32 Å². The molecule has 1 amide bonds. The first kappa shape index (κ1) is 20.7. The first-order valence-electron chi connectivity index (χ1n) is 9.32. The van der Waals surface area contributed by atoms with Gasteiger partial charge in [-0.3, -0.25) is 14.2 Å². The minimum absolute atomic E-state index is 0.302. The number of hydrogen-bond donors (Lipinski definition) is 1. The van der Waals surface area contributed by atoms with Gasteiger partial charge in [-0.2, -0.15) is 0 Å². The van der Waals surface area contributed by atoms with Gasteiger partial charge in [0.15, 0.2) is 0 Å². The van der Waals surface area contributed by atoms with Crippen molar-refractivity contribution in [2.75, 3.05) is 5.32 Å². The lowest BCUT2D eigenvalue weighted by atomic mass is 10.1. The van der Waals surface area contributed by atoms with Crippen molar-refractivity contribution in [2.45, 2.75) is 20.4 Å². The Morgan fingerprint density at radius 3 is 2.65 bits per heavy atom. The van der Waals surface area contributed by atoms with Crippen molar-refractivity contribution in [1.29, 1.82) is 0 Å². The van der Waals surface area contributed by atoms with Gasteiger partial charge in [0.2, 0.25) is 5.91 Å². The zero-order chi connectivity index (χ0) is 22.3. The number of anilines is 1. The molecule has 158 valence electrons. The van der Waals surface area contributed by atoms with Crippen LogP contribution in [0.5, 0.6) is 0 Å². The molecule has 0 atom stereocenters. The molecule has 6 nitrogen and oxygen atoms in total. The monoisotopic (exact) mass is 441 g/mol. The largest absolute Gasteiger partial charge is 0.336 e. The highest BCUT2D eigenvalue weighted by Crippen LogP contribution is 2.20. The van der Waals surface area contributed by atoms with Crippen LogP contribution < -0.4 is 16.6 Å². The molecule has 31 heavy (non-hydrogen) atoms. The number of aromatic nitrogens is 2. The molecule has 9 heteroatoms. The van der Waals surface area contributed by atoms with Crippen LogP contribution in [-0.4, -0.2) is 15.0 Å². The van der Waals surface area contributed by atoms with E-state index in [0.29, 0.717) is 15.9 Å². The third-order valence-corrected chi connectivity index (χ3v) is 5.97. The lowest BCUT2D eigenvalue weighted by Gasteiger charge is -2.15. The number of carbonyl (C=O) groups excluding carboxylic acids is 1. The van der Waals surface area contributed by atoms with Gasteiger partial charge < -0.3 is 5.32 Å². The first-order chi connectivity index (χ1) is 14.8. The molecule has 0 spiro atoms. The molecule has 0 saturated heterocycles. The summed E-state index contributed by atoms with van der Waals surface area (Å²) in [7, 11) is 0. The summed E-state index contributed by atoms with van der Waals surface area (Å²) >= 11 is 1.16. The van der Waals surface area contributed by atoms with Gasteiger partial charge in [0.1, 0.15) is 22.9 Å². The summed E-state index contributed by atoms with van der Waals surface area (Å²) in [5.74, 6) is -2.24. The maximum atomic E-state index is 13.9. The van der Waals surface area contributed by atoms with Gasteiger partial charge in [0.05, 0.1) is 16.9 Å². The summed E-state index contributed by atoms with van der Waals surface area (Å²) in [6, 6.07) is 9.54. The highest BCUT2D eigenvalue weighted by atomic mass is 32.1. The Kier molecular flexibility index (Phi) is 5.28. The van der Waals surface area contributed by atoms with Crippen LogP contribution in [0.1, 0.15) is 11.1 Å².